The van der Waals surface area contributed by atoms with Crippen LogP contribution in [-0.4, -0.2) is 16.8 Å². The Balaban J connectivity index is 1.78. The fourth-order valence-corrected chi connectivity index (χ4v) is 4.66. The smallest absolute Gasteiger partial charge is 0.261 e. The quantitative estimate of drug-likeness (QED) is 0.637. The average molecular weight is 417 g/mol. The van der Waals surface area contributed by atoms with E-state index in [0.717, 1.165) is 11.1 Å². The van der Waals surface area contributed by atoms with E-state index in [1.165, 1.54) is 36.4 Å². The van der Waals surface area contributed by atoms with Crippen LogP contribution < -0.4 is 9.44 Å². The Morgan fingerprint density at radius 3 is 1.61 bits per heavy atom. The summed E-state index contributed by atoms with van der Waals surface area (Å²) >= 11 is 0. The molecule has 3 aromatic rings. The molecule has 2 N–H and O–H groups in total. The van der Waals surface area contributed by atoms with E-state index in [1.807, 2.05) is 19.9 Å². The molecule has 0 aliphatic rings. The number of aryl methyl sites for hydroxylation is 2. The SMILES string of the molecule is Cc1ccc(S(=O)(=O)Nc2ccc(S(=O)(=O)Nc3cccc(C)c3)cc2)cc1. The molecule has 0 radical (unpaired) electrons. The lowest BCUT2D eigenvalue weighted by atomic mass is 10.2. The number of hydrogen-bond donors (Lipinski definition) is 2. The van der Waals surface area contributed by atoms with Gasteiger partial charge in [-0.15, -0.1) is 0 Å². The van der Waals surface area contributed by atoms with Crippen LogP contribution in [0.5, 0.6) is 0 Å². The molecule has 8 heteroatoms. The van der Waals surface area contributed by atoms with E-state index in [9.17, 15) is 16.8 Å². The van der Waals surface area contributed by atoms with Gasteiger partial charge in [0.25, 0.3) is 20.0 Å². The normalized spacial score (nSPS) is 11.8. The van der Waals surface area contributed by atoms with E-state index in [4.69, 9.17) is 0 Å². The third-order valence-corrected chi connectivity index (χ3v) is 6.81. The van der Waals surface area contributed by atoms with Gasteiger partial charge < -0.3 is 0 Å². The molecule has 0 saturated carbocycles. The number of nitrogens with one attached hydrogen (secondary N) is 2. The highest BCUT2D eigenvalue weighted by atomic mass is 32.2. The molecule has 0 unspecified atom stereocenters. The van der Waals surface area contributed by atoms with Crippen molar-refractivity contribution in [2.24, 2.45) is 0 Å². The molecule has 0 saturated heterocycles. The van der Waals surface area contributed by atoms with Crippen molar-refractivity contribution in [3.8, 4) is 0 Å². The number of rotatable bonds is 6. The van der Waals surface area contributed by atoms with Crippen LogP contribution in [0.15, 0.2) is 82.6 Å². The summed E-state index contributed by atoms with van der Waals surface area (Å²) in [4.78, 5) is 0.170. The zero-order chi connectivity index (χ0) is 20.4. The summed E-state index contributed by atoms with van der Waals surface area (Å²) in [6.07, 6.45) is 0. The average Bonchev–Trinajstić information content (AvgIpc) is 2.62. The van der Waals surface area contributed by atoms with Gasteiger partial charge in [-0.3, -0.25) is 9.44 Å². The Labute approximate surface area is 165 Å². The molecule has 0 bridgehead atoms. The maximum absolute atomic E-state index is 12.5. The predicted octanol–water partition coefficient (Wildman–Crippen LogP) is 3.91. The third-order valence-electron chi connectivity index (χ3n) is 4.02. The molecule has 6 nitrogen and oxygen atoms in total. The van der Waals surface area contributed by atoms with E-state index in [2.05, 4.69) is 9.44 Å². The first-order valence-electron chi connectivity index (χ1n) is 8.45. The molecule has 0 fully saturated rings. The fraction of sp³-hybridized carbons (Fsp3) is 0.100. The van der Waals surface area contributed by atoms with Gasteiger partial charge in [0.1, 0.15) is 0 Å². The number of benzene rings is 3. The Kier molecular flexibility index (Phi) is 5.44. The van der Waals surface area contributed by atoms with Gasteiger partial charge in [0.15, 0.2) is 0 Å². The van der Waals surface area contributed by atoms with Crippen LogP contribution in [0.2, 0.25) is 0 Å². The first-order chi connectivity index (χ1) is 13.2. The molecule has 0 heterocycles. The van der Waals surface area contributed by atoms with Gasteiger partial charge in [-0.2, -0.15) is 0 Å². The highest BCUT2D eigenvalue weighted by molar-refractivity contribution is 7.93. The van der Waals surface area contributed by atoms with Gasteiger partial charge in [-0.05, 0) is 67.9 Å². The molecular formula is C20H20N2O4S2. The summed E-state index contributed by atoms with van der Waals surface area (Å²) in [5, 5.41) is 0. The van der Waals surface area contributed by atoms with Crippen molar-refractivity contribution in [1.82, 2.24) is 0 Å². The molecule has 146 valence electrons. The lowest BCUT2D eigenvalue weighted by molar-refractivity contribution is 0.600. The molecule has 0 spiro atoms. The lowest BCUT2D eigenvalue weighted by Crippen LogP contribution is -2.14. The highest BCUT2D eigenvalue weighted by Crippen LogP contribution is 2.21. The minimum absolute atomic E-state index is 0.0345. The zero-order valence-electron chi connectivity index (χ0n) is 15.4. The summed E-state index contributed by atoms with van der Waals surface area (Å²) in [6, 6.07) is 19.0. The standard InChI is InChI=1S/C20H20N2O4S2/c1-15-6-10-19(11-7-15)27(23,24)21-17-8-12-20(13-9-17)28(25,26)22-18-5-3-4-16(2)14-18/h3-14,21-22H,1-2H3. The van der Waals surface area contributed by atoms with Crippen molar-refractivity contribution >= 4 is 31.4 Å². The van der Waals surface area contributed by atoms with E-state index in [1.54, 1.807) is 30.3 Å². The predicted molar refractivity (Wildman–Crippen MR) is 110 cm³/mol. The summed E-state index contributed by atoms with van der Waals surface area (Å²) in [5.74, 6) is 0. The van der Waals surface area contributed by atoms with Crippen LogP contribution in [0, 0.1) is 13.8 Å². The van der Waals surface area contributed by atoms with Gasteiger partial charge in [-0.25, -0.2) is 16.8 Å². The van der Waals surface area contributed by atoms with E-state index >= 15 is 0 Å². The molecule has 3 aromatic carbocycles. The monoisotopic (exact) mass is 416 g/mol. The van der Waals surface area contributed by atoms with Crippen LogP contribution in [-0.2, 0) is 20.0 Å². The van der Waals surface area contributed by atoms with Crippen LogP contribution in [0.25, 0.3) is 0 Å². The van der Waals surface area contributed by atoms with Crippen LogP contribution in [0.3, 0.4) is 0 Å². The largest absolute Gasteiger partial charge is 0.280 e. The van der Waals surface area contributed by atoms with Crippen LogP contribution in [0.1, 0.15) is 11.1 Å². The molecule has 0 atom stereocenters. The topological polar surface area (TPSA) is 92.3 Å². The second kappa shape index (κ2) is 7.65. The molecular weight excluding hydrogens is 396 g/mol. The molecule has 3 rings (SSSR count). The van der Waals surface area contributed by atoms with Gasteiger partial charge in [-0.1, -0.05) is 29.8 Å². The van der Waals surface area contributed by atoms with Crippen LogP contribution >= 0.6 is 0 Å². The first kappa shape index (κ1) is 19.9. The molecule has 0 aliphatic heterocycles. The Morgan fingerprint density at radius 1 is 0.571 bits per heavy atom. The van der Waals surface area contributed by atoms with E-state index in [-0.39, 0.29) is 15.5 Å². The molecule has 0 aliphatic carbocycles. The Hall–Kier alpha value is -2.84. The summed E-state index contributed by atoms with van der Waals surface area (Å²) in [5.41, 5.74) is 2.62. The first-order valence-corrected chi connectivity index (χ1v) is 11.4. The van der Waals surface area contributed by atoms with Crippen LogP contribution in [0.4, 0.5) is 11.4 Å². The van der Waals surface area contributed by atoms with E-state index in [0.29, 0.717) is 5.69 Å². The van der Waals surface area contributed by atoms with Crippen molar-refractivity contribution in [3.63, 3.8) is 0 Å². The van der Waals surface area contributed by atoms with Gasteiger partial charge in [0.2, 0.25) is 0 Å². The number of hydrogen-bond acceptors (Lipinski definition) is 4. The summed E-state index contributed by atoms with van der Waals surface area (Å²) in [7, 11) is -7.52. The second-order valence-corrected chi connectivity index (χ2v) is 9.78. The number of sulfonamides is 2. The minimum Gasteiger partial charge on any atom is -0.280 e. The Bertz CT molecular complexity index is 1190. The van der Waals surface area contributed by atoms with Crippen molar-refractivity contribution < 1.29 is 16.8 Å². The Morgan fingerprint density at radius 2 is 1.07 bits per heavy atom. The van der Waals surface area contributed by atoms with Crippen molar-refractivity contribution in [2.45, 2.75) is 23.6 Å². The van der Waals surface area contributed by atoms with Gasteiger partial charge in [0, 0.05) is 11.4 Å². The van der Waals surface area contributed by atoms with Crippen molar-refractivity contribution in [3.05, 3.63) is 83.9 Å². The van der Waals surface area contributed by atoms with Gasteiger partial charge >= 0.3 is 0 Å². The van der Waals surface area contributed by atoms with Crippen molar-refractivity contribution in [1.29, 1.82) is 0 Å². The van der Waals surface area contributed by atoms with Crippen molar-refractivity contribution in [2.75, 3.05) is 9.44 Å². The van der Waals surface area contributed by atoms with E-state index < -0.39 is 20.0 Å². The number of anilines is 2. The summed E-state index contributed by atoms with van der Waals surface area (Å²) < 4.78 is 54.8. The zero-order valence-corrected chi connectivity index (χ0v) is 17.0. The maximum atomic E-state index is 12.5. The lowest BCUT2D eigenvalue weighted by Gasteiger charge is -2.11. The van der Waals surface area contributed by atoms with Gasteiger partial charge in [0.05, 0.1) is 9.79 Å². The minimum atomic E-state index is -3.77. The maximum Gasteiger partial charge on any atom is 0.261 e. The third kappa shape index (κ3) is 4.71. The molecule has 28 heavy (non-hydrogen) atoms. The second-order valence-electron chi connectivity index (χ2n) is 6.42. The molecule has 0 aromatic heterocycles. The fourth-order valence-electron chi connectivity index (χ4n) is 2.56. The summed E-state index contributed by atoms with van der Waals surface area (Å²) in [6.45, 7) is 3.74. The molecule has 0 amide bonds. The highest BCUT2D eigenvalue weighted by Gasteiger charge is 2.17.